The lowest BCUT2D eigenvalue weighted by atomic mass is 10.1. The first-order chi connectivity index (χ1) is 13.9. The number of hydrogen-bond donors (Lipinski definition) is 2. The minimum absolute atomic E-state index is 0.123. The second kappa shape index (κ2) is 7.32. The molecule has 1 aliphatic heterocycles. The molecule has 140 valence electrons. The lowest BCUT2D eigenvalue weighted by Gasteiger charge is -2.23. The maximum Gasteiger partial charge on any atom is 0.233 e. The normalized spacial score (nSPS) is 16.9. The molecule has 8 nitrogen and oxygen atoms in total. The summed E-state index contributed by atoms with van der Waals surface area (Å²) < 4.78 is 6.01. The number of rotatable bonds is 4. The van der Waals surface area contributed by atoms with Crippen molar-refractivity contribution in [2.75, 3.05) is 13.1 Å². The number of hydrogen-bond acceptors (Lipinski definition) is 7. The van der Waals surface area contributed by atoms with Gasteiger partial charge in [-0.25, -0.2) is 4.98 Å². The maximum atomic E-state index is 6.01. The largest absolute Gasteiger partial charge is 0.472 e. The molecule has 1 saturated heterocycles. The summed E-state index contributed by atoms with van der Waals surface area (Å²) in [6.45, 7) is 1.87. The fourth-order valence-electron chi connectivity index (χ4n) is 3.43. The highest BCUT2D eigenvalue weighted by Gasteiger charge is 2.17. The van der Waals surface area contributed by atoms with Crippen LogP contribution in [0.1, 0.15) is 12.8 Å². The summed E-state index contributed by atoms with van der Waals surface area (Å²) in [5.41, 5.74) is 4.11. The van der Waals surface area contributed by atoms with Crippen molar-refractivity contribution in [2.24, 2.45) is 0 Å². The van der Waals surface area contributed by atoms with Crippen LogP contribution >= 0.6 is 0 Å². The van der Waals surface area contributed by atoms with Crippen molar-refractivity contribution in [3.63, 3.8) is 0 Å². The number of ether oxygens (including phenoxy) is 1. The van der Waals surface area contributed by atoms with Crippen molar-refractivity contribution in [3.05, 3.63) is 48.9 Å². The minimum Gasteiger partial charge on any atom is -0.472 e. The molecule has 1 aromatic carbocycles. The smallest absolute Gasteiger partial charge is 0.233 e. The Labute approximate surface area is 161 Å². The molecule has 4 aromatic rings. The number of nitrogens with one attached hydrogen (secondary N) is 2. The summed E-state index contributed by atoms with van der Waals surface area (Å²) in [4.78, 5) is 8.95. The van der Waals surface area contributed by atoms with Crippen LogP contribution in [0, 0.1) is 0 Å². The zero-order valence-electron chi connectivity index (χ0n) is 15.2. The average molecular weight is 373 g/mol. The van der Waals surface area contributed by atoms with E-state index in [2.05, 4.69) is 35.7 Å². The molecule has 28 heavy (non-hydrogen) atoms. The van der Waals surface area contributed by atoms with Crippen LogP contribution in [-0.2, 0) is 0 Å². The van der Waals surface area contributed by atoms with Crippen molar-refractivity contribution in [3.8, 4) is 28.5 Å². The summed E-state index contributed by atoms with van der Waals surface area (Å²) in [6, 6.07) is 9.82. The van der Waals surface area contributed by atoms with Crippen molar-refractivity contribution in [1.29, 1.82) is 0 Å². The third-order valence-electron chi connectivity index (χ3n) is 4.83. The van der Waals surface area contributed by atoms with E-state index in [1.165, 1.54) is 0 Å². The molecule has 0 amide bonds. The van der Waals surface area contributed by atoms with E-state index in [4.69, 9.17) is 4.74 Å². The second-order valence-corrected chi connectivity index (χ2v) is 6.77. The Morgan fingerprint density at radius 2 is 2.11 bits per heavy atom. The molecule has 2 N–H and O–H groups in total. The zero-order chi connectivity index (χ0) is 18.8. The first-order valence-electron chi connectivity index (χ1n) is 9.33. The molecular weight excluding hydrogens is 354 g/mol. The van der Waals surface area contributed by atoms with E-state index >= 15 is 0 Å². The first kappa shape index (κ1) is 16.8. The topological polar surface area (TPSA) is 102 Å². The number of nitrogens with zero attached hydrogens (tertiary/aromatic N) is 5. The van der Waals surface area contributed by atoms with Crippen molar-refractivity contribution in [1.82, 2.24) is 35.7 Å². The Hall–Kier alpha value is -3.39. The monoisotopic (exact) mass is 373 g/mol. The fraction of sp³-hybridized carbons (Fsp3) is 0.250. The van der Waals surface area contributed by atoms with E-state index in [1.54, 1.807) is 18.6 Å². The van der Waals surface area contributed by atoms with Gasteiger partial charge in [-0.2, -0.15) is 15.3 Å². The van der Waals surface area contributed by atoms with Gasteiger partial charge in [-0.15, -0.1) is 0 Å². The van der Waals surface area contributed by atoms with Gasteiger partial charge in [0, 0.05) is 23.7 Å². The van der Waals surface area contributed by atoms with Crippen LogP contribution in [0.4, 0.5) is 0 Å². The van der Waals surface area contributed by atoms with Gasteiger partial charge in [0.2, 0.25) is 5.88 Å². The standard InChI is InChI=1S/C20H19N7O/c1-3-14(10-21-7-1)28-19-12-22-11-18(24-19)20-15-9-13(5-6-17(15)26-27-20)16-4-2-8-23-25-16/h2,4-6,8-9,11-12,14,21H,1,3,7,10H2,(H,26,27). The van der Waals surface area contributed by atoms with Crippen LogP contribution in [0.25, 0.3) is 33.5 Å². The maximum absolute atomic E-state index is 6.01. The highest BCUT2D eigenvalue weighted by Crippen LogP contribution is 2.29. The van der Waals surface area contributed by atoms with E-state index in [-0.39, 0.29) is 6.10 Å². The third-order valence-corrected chi connectivity index (χ3v) is 4.83. The number of aromatic amines is 1. The minimum atomic E-state index is 0.123. The van der Waals surface area contributed by atoms with Gasteiger partial charge < -0.3 is 10.1 Å². The summed E-state index contributed by atoms with van der Waals surface area (Å²) in [6.07, 6.45) is 7.26. The molecule has 0 saturated carbocycles. The summed E-state index contributed by atoms with van der Waals surface area (Å²) >= 11 is 0. The number of H-pyrrole nitrogens is 1. The Morgan fingerprint density at radius 3 is 2.96 bits per heavy atom. The van der Waals surface area contributed by atoms with Gasteiger partial charge in [-0.3, -0.25) is 10.1 Å². The van der Waals surface area contributed by atoms with Crippen LogP contribution in [0.2, 0.25) is 0 Å². The van der Waals surface area contributed by atoms with Gasteiger partial charge in [0.15, 0.2) is 0 Å². The van der Waals surface area contributed by atoms with Gasteiger partial charge >= 0.3 is 0 Å². The molecular formula is C20H19N7O. The number of benzene rings is 1. The molecule has 1 unspecified atom stereocenters. The lowest BCUT2D eigenvalue weighted by Crippen LogP contribution is -2.37. The van der Waals surface area contributed by atoms with Crippen LogP contribution in [0.5, 0.6) is 5.88 Å². The molecule has 0 radical (unpaired) electrons. The molecule has 0 spiro atoms. The van der Waals surface area contributed by atoms with Gasteiger partial charge in [-0.1, -0.05) is 6.07 Å². The van der Waals surface area contributed by atoms with Crippen LogP contribution < -0.4 is 10.1 Å². The molecule has 3 aromatic heterocycles. The summed E-state index contributed by atoms with van der Waals surface area (Å²) in [5.74, 6) is 0.521. The molecule has 0 aliphatic carbocycles. The summed E-state index contributed by atoms with van der Waals surface area (Å²) in [7, 11) is 0. The Morgan fingerprint density at radius 1 is 1.11 bits per heavy atom. The lowest BCUT2D eigenvalue weighted by molar-refractivity contribution is 0.160. The molecule has 1 aliphatic rings. The number of piperidine rings is 1. The van der Waals surface area contributed by atoms with Gasteiger partial charge in [-0.05, 0) is 43.7 Å². The van der Waals surface area contributed by atoms with E-state index < -0.39 is 0 Å². The Kier molecular flexibility index (Phi) is 4.38. The molecule has 4 heterocycles. The second-order valence-electron chi connectivity index (χ2n) is 6.77. The van der Waals surface area contributed by atoms with Crippen LogP contribution in [-0.4, -0.2) is 49.6 Å². The molecule has 1 fully saturated rings. The van der Waals surface area contributed by atoms with Crippen molar-refractivity contribution >= 4 is 10.9 Å². The number of fused-ring (bicyclic) bond motifs is 1. The van der Waals surface area contributed by atoms with Gasteiger partial charge in [0.25, 0.3) is 0 Å². The molecule has 5 rings (SSSR count). The fourth-order valence-corrected chi connectivity index (χ4v) is 3.43. The first-order valence-corrected chi connectivity index (χ1v) is 9.33. The quantitative estimate of drug-likeness (QED) is 0.567. The number of aromatic nitrogens is 6. The summed E-state index contributed by atoms with van der Waals surface area (Å²) in [5, 5.41) is 20.0. The predicted molar refractivity (Wildman–Crippen MR) is 105 cm³/mol. The molecule has 8 heteroatoms. The van der Waals surface area contributed by atoms with E-state index in [0.29, 0.717) is 11.6 Å². The Balaban J connectivity index is 1.49. The van der Waals surface area contributed by atoms with Gasteiger partial charge in [0.05, 0.1) is 23.6 Å². The molecule has 0 bridgehead atoms. The van der Waals surface area contributed by atoms with Gasteiger partial charge in [0.1, 0.15) is 17.5 Å². The van der Waals surface area contributed by atoms with E-state index in [0.717, 1.165) is 53.8 Å². The zero-order valence-corrected chi connectivity index (χ0v) is 15.2. The van der Waals surface area contributed by atoms with Crippen molar-refractivity contribution in [2.45, 2.75) is 18.9 Å². The Bertz CT molecular complexity index is 1090. The highest BCUT2D eigenvalue weighted by atomic mass is 16.5. The van der Waals surface area contributed by atoms with Crippen molar-refractivity contribution < 1.29 is 4.74 Å². The predicted octanol–water partition coefficient (Wildman–Crippen LogP) is 2.61. The van der Waals surface area contributed by atoms with Crippen LogP contribution in [0.15, 0.2) is 48.9 Å². The van der Waals surface area contributed by atoms with E-state index in [1.807, 2.05) is 30.3 Å². The SMILES string of the molecule is c1cnnc(-c2ccc3[nH]nc(-c4cncc(OC5CCCNC5)n4)c3c2)c1. The average Bonchev–Trinajstić information content (AvgIpc) is 3.19. The third kappa shape index (κ3) is 3.29. The molecule has 1 atom stereocenters. The van der Waals surface area contributed by atoms with E-state index in [9.17, 15) is 0 Å². The van der Waals surface area contributed by atoms with Crippen LogP contribution in [0.3, 0.4) is 0 Å². The highest BCUT2D eigenvalue weighted by molar-refractivity contribution is 5.94.